The highest BCUT2D eigenvalue weighted by Gasteiger charge is 2.09. The van der Waals surface area contributed by atoms with Crippen LogP contribution in [-0.2, 0) is 0 Å². The van der Waals surface area contributed by atoms with E-state index in [0.717, 1.165) is 39.0 Å². The SMILES string of the molecule is COc1ccc(-c2cc3c(N)c(C)ccc3c(N)n2)cc1. The summed E-state index contributed by atoms with van der Waals surface area (Å²) in [4.78, 5) is 4.48. The van der Waals surface area contributed by atoms with E-state index >= 15 is 0 Å². The molecule has 3 aromatic rings. The van der Waals surface area contributed by atoms with E-state index in [1.54, 1.807) is 7.11 Å². The van der Waals surface area contributed by atoms with Gasteiger partial charge in [0.25, 0.3) is 0 Å². The van der Waals surface area contributed by atoms with Crippen LogP contribution >= 0.6 is 0 Å². The van der Waals surface area contributed by atoms with Gasteiger partial charge in [-0.25, -0.2) is 4.98 Å². The molecule has 21 heavy (non-hydrogen) atoms. The first kappa shape index (κ1) is 13.2. The van der Waals surface area contributed by atoms with Crippen LogP contribution in [0.5, 0.6) is 5.75 Å². The summed E-state index contributed by atoms with van der Waals surface area (Å²) in [5.74, 6) is 1.30. The van der Waals surface area contributed by atoms with E-state index in [9.17, 15) is 0 Å². The fraction of sp³-hybridized carbons (Fsp3) is 0.118. The zero-order valence-corrected chi connectivity index (χ0v) is 12.1. The Hall–Kier alpha value is -2.75. The quantitative estimate of drug-likeness (QED) is 0.705. The number of nitrogen functional groups attached to an aromatic ring is 2. The molecule has 2 aromatic carbocycles. The van der Waals surface area contributed by atoms with Crippen molar-refractivity contribution >= 4 is 22.3 Å². The molecule has 4 heteroatoms. The van der Waals surface area contributed by atoms with Crippen molar-refractivity contribution in [2.24, 2.45) is 0 Å². The second-order valence-electron chi connectivity index (χ2n) is 5.01. The molecule has 1 aromatic heterocycles. The molecule has 0 aliphatic carbocycles. The van der Waals surface area contributed by atoms with E-state index in [0.29, 0.717) is 5.82 Å². The van der Waals surface area contributed by atoms with Gasteiger partial charge in [0.05, 0.1) is 12.8 Å². The van der Waals surface area contributed by atoms with Gasteiger partial charge in [0.1, 0.15) is 11.6 Å². The standard InChI is InChI=1S/C17H17N3O/c1-10-3-8-13-14(16(10)18)9-15(20-17(13)19)11-4-6-12(21-2)7-5-11/h3-9H,18H2,1-2H3,(H2,19,20). The zero-order chi connectivity index (χ0) is 15.0. The number of aryl methyl sites for hydroxylation is 1. The van der Waals surface area contributed by atoms with Gasteiger partial charge >= 0.3 is 0 Å². The van der Waals surface area contributed by atoms with Gasteiger partial charge < -0.3 is 16.2 Å². The molecule has 0 saturated heterocycles. The number of nitrogens with two attached hydrogens (primary N) is 2. The summed E-state index contributed by atoms with van der Waals surface area (Å²) in [6.07, 6.45) is 0. The third-order valence-electron chi connectivity index (χ3n) is 3.69. The Morgan fingerprint density at radius 3 is 2.33 bits per heavy atom. The van der Waals surface area contributed by atoms with E-state index in [-0.39, 0.29) is 0 Å². The van der Waals surface area contributed by atoms with Gasteiger partial charge in [0.15, 0.2) is 0 Å². The molecular formula is C17H17N3O. The number of fused-ring (bicyclic) bond motifs is 1. The number of nitrogens with zero attached hydrogens (tertiary/aromatic N) is 1. The van der Waals surface area contributed by atoms with Crippen LogP contribution in [-0.4, -0.2) is 12.1 Å². The number of anilines is 2. The van der Waals surface area contributed by atoms with Crippen LogP contribution in [0.3, 0.4) is 0 Å². The van der Waals surface area contributed by atoms with E-state index in [4.69, 9.17) is 16.2 Å². The van der Waals surface area contributed by atoms with Crippen LogP contribution in [0.1, 0.15) is 5.56 Å². The van der Waals surface area contributed by atoms with Gasteiger partial charge in [0, 0.05) is 22.0 Å². The Bertz CT molecular complexity index is 810. The Labute approximate surface area is 123 Å². The fourth-order valence-electron chi connectivity index (χ4n) is 2.39. The molecule has 0 bridgehead atoms. The van der Waals surface area contributed by atoms with Crippen molar-refractivity contribution < 1.29 is 4.74 Å². The molecule has 106 valence electrons. The minimum atomic E-state index is 0.491. The van der Waals surface area contributed by atoms with Gasteiger partial charge in [-0.3, -0.25) is 0 Å². The van der Waals surface area contributed by atoms with Crippen LogP contribution in [0.4, 0.5) is 11.5 Å². The monoisotopic (exact) mass is 279 g/mol. The third-order valence-corrected chi connectivity index (χ3v) is 3.69. The normalized spacial score (nSPS) is 10.8. The summed E-state index contributed by atoms with van der Waals surface area (Å²) in [7, 11) is 1.64. The smallest absolute Gasteiger partial charge is 0.132 e. The highest BCUT2D eigenvalue weighted by Crippen LogP contribution is 2.32. The van der Waals surface area contributed by atoms with E-state index in [2.05, 4.69) is 4.98 Å². The first-order chi connectivity index (χ1) is 10.1. The number of methoxy groups -OCH3 is 1. The summed E-state index contributed by atoms with van der Waals surface area (Å²) in [5.41, 5.74) is 15.8. The summed E-state index contributed by atoms with van der Waals surface area (Å²) in [6, 6.07) is 13.6. The summed E-state index contributed by atoms with van der Waals surface area (Å²) < 4.78 is 5.17. The van der Waals surface area contributed by atoms with Crippen LogP contribution in [0.25, 0.3) is 22.0 Å². The van der Waals surface area contributed by atoms with Gasteiger partial charge in [-0.15, -0.1) is 0 Å². The van der Waals surface area contributed by atoms with Crippen molar-refractivity contribution in [1.29, 1.82) is 0 Å². The lowest BCUT2D eigenvalue weighted by Crippen LogP contribution is -1.98. The maximum atomic E-state index is 6.18. The van der Waals surface area contributed by atoms with Crippen LogP contribution in [0.2, 0.25) is 0 Å². The largest absolute Gasteiger partial charge is 0.497 e. The minimum absolute atomic E-state index is 0.491. The molecule has 0 aliphatic rings. The average Bonchev–Trinajstić information content (AvgIpc) is 2.51. The number of hydrogen-bond acceptors (Lipinski definition) is 4. The topological polar surface area (TPSA) is 74.2 Å². The first-order valence-corrected chi connectivity index (χ1v) is 6.70. The molecule has 0 saturated carbocycles. The molecule has 0 fully saturated rings. The van der Waals surface area contributed by atoms with Crippen LogP contribution in [0.15, 0.2) is 42.5 Å². The molecule has 0 spiro atoms. The molecule has 3 rings (SSSR count). The second kappa shape index (κ2) is 4.98. The predicted molar refractivity (Wildman–Crippen MR) is 87.3 cm³/mol. The van der Waals surface area contributed by atoms with Crippen LogP contribution in [0, 0.1) is 6.92 Å². The maximum Gasteiger partial charge on any atom is 0.132 e. The van der Waals surface area contributed by atoms with Gasteiger partial charge in [-0.2, -0.15) is 0 Å². The van der Waals surface area contributed by atoms with E-state index in [1.165, 1.54) is 0 Å². The van der Waals surface area contributed by atoms with Crippen molar-refractivity contribution in [2.75, 3.05) is 18.6 Å². The number of rotatable bonds is 2. The summed E-state index contributed by atoms with van der Waals surface area (Å²) in [5, 5.41) is 1.82. The Morgan fingerprint density at radius 1 is 0.952 bits per heavy atom. The van der Waals surface area contributed by atoms with Gasteiger partial charge in [-0.05, 0) is 42.8 Å². The Kier molecular flexibility index (Phi) is 3.14. The lowest BCUT2D eigenvalue weighted by atomic mass is 10.0. The molecule has 1 heterocycles. The van der Waals surface area contributed by atoms with Crippen molar-refractivity contribution in [1.82, 2.24) is 4.98 Å². The molecule has 0 amide bonds. The highest BCUT2D eigenvalue weighted by molar-refractivity contribution is 6.01. The molecule has 4 N–H and O–H groups in total. The van der Waals surface area contributed by atoms with Crippen molar-refractivity contribution in [2.45, 2.75) is 6.92 Å². The maximum absolute atomic E-state index is 6.18. The third kappa shape index (κ3) is 2.25. The van der Waals surface area contributed by atoms with Gasteiger partial charge in [-0.1, -0.05) is 12.1 Å². The molecule has 4 nitrogen and oxygen atoms in total. The summed E-state index contributed by atoms with van der Waals surface area (Å²) in [6.45, 7) is 1.98. The predicted octanol–water partition coefficient (Wildman–Crippen LogP) is 3.38. The minimum Gasteiger partial charge on any atom is -0.497 e. The highest BCUT2D eigenvalue weighted by atomic mass is 16.5. The average molecular weight is 279 g/mol. The van der Waals surface area contributed by atoms with Crippen molar-refractivity contribution in [3.05, 3.63) is 48.0 Å². The van der Waals surface area contributed by atoms with Crippen molar-refractivity contribution in [3.63, 3.8) is 0 Å². The molecule has 0 aliphatic heterocycles. The lowest BCUT2D eigenvalue weighted by Gasteiger charge is -2.10. The molecule has 0 unspecified atom stereocenters. The van der Waals surface area contributed by atoms with Crippen molar-refractivity contribution in [3.8, 4) is 17.0 Å². The molecule has 0 atom stereocenters. The number of hydrogen-bond donors (Lipinski definition) is 2. The number of aromatic nitrogens is 1. The number of pyridine rings is 1. The number of benzene rings is 2. The molecule has 0 radical (unpaired) electrons. The molecular weight excluding hydrogens is 262 g/mol. The van der Waals surface area contributed by atoms with Crippen LogP contribution < -0.4 is 16.2 Å². The Morgan fingerprint density at radius 2 is 1.67 bits per heavy atom. The Balaban J connectivity index is 2.21. The van der Waals surface area contributed by atoms with Gasteiger partial charge in [0.2, 0.25) is 0 Å². The van der Waals surface area contributed by atoms with E-state index < -0.39 is 0 Å². The first-order valence-electron chi connectivity index (χ1n) is 6.70. The second-order valence-corrected chi connectivity index (χ2v) is 5.01. The van der Waals surface area contributed by atoms with E-state index in [1.807, 2.05) is 49.4 Å². The summed E-state index contributed by atoms with van der Waals surface area (Å²) >= 11 is 0. The lowest BCUT2D eigenvalue weighted by molar-refractivity contribution is 0.415. The number of ether oxygens (including phenoxy) is 1. The zero-order valence-electron chi connectivity index (χ0n) is 12.1. The fourth-order valence-corrected chi connectivity index (χ4v) is 2.39.